The maximum atomic E-state index is 12.5. The largest absolute Gasteiger partial charge is 0.379 e. The number of hydrogen-bond donors (Lipinski definition) is 1. The average molecular weight is 415 g/mol. The van der Waals surface area contributed by atoms with Gasteiger partial charge in [-0.05, 0) is 43.8 Å². The summed E-state index contributed by atoms with van der Waals surface area (Å²) in [6.07, 6.45) is 12.9. The molecule has 0 bridgehead atoms. The lowest BCUT2D eigenvalue weighted by Gasteiger charge is -2.48. The molecule has 1 fully saturated rings. The van der Waals surface area contributed by atoms with E-state index in [1.54, 1.807) is 0 Å². The molecule has 5 rings (SSSR count). The van der Waals surface area contributed by atoms with E-state index in [0.29, 0.717) is 12.6 Å². The Bertz CT molecular complexity index is 856. The highest BCUT2D eigenvalue weighted by Gasteiger charge is 2.51. The minimum atomic E-state index is -0.941. The summed E-state index contributed by atoms with van der Waals surface area (Å²) in [5.41, 5.74) is 2.36. The molecule has 0 aromatic carbocycles. The third-order valence-corrected chi connectivity index (χ3v) is 8.40. The normalized spacial score (nSPS) is 35.8. The highest BCUT2D eigenvalue weighted by atomic mass is 35.5. The van der Waals surface area contributed by atoms with Gasteiger partial charge in [-0.3, -0.25) is 4.90 Å². The Morgan fingerprint density at radius 2 is 2.11 bits per heavy atom. The van der Waals surface area contributed by atoms with Crippen molar-refractivity contribution in [2.45, 2.75) is 42.6 Å². The topological polar surface area (TPSA) is 26.7 Å². The number of rotatable bonds is 2. The number of nitrogens with zero attached hydrogens (tertiary/aromatic N) is 2. The number of likely N-dealkylation sites (N-methyl/N-ethyl adjacent to an activating group) is 1. The zero-order valence-corrected chi connectivity index (χ0v) is 17.9. The first-order chi connectivity index (χ1) is 13.6. The predicted octanol–water partition coefficient (Wildman–Crippen LogP) is 3.53. The Morgan fingerprint density at radius 3 is 2.82 bits per heavy atom. The van der Waals surface area contributed by atoms with Gasteiger partial charge in [-0.15, -0.1) is 11.8 Å². The third kappa shape index (κ3) is 2.99. The van der Waals surface area contributed by atoms with Gasteiger partial charge in [0.05, 0.1) is 12.2 Å². The van der Waals surface area contributed by atoms with Crippen molar-refractivity contribution in [2.24, 2.45) is 5.92 Å². The van der Waals surface area contributed by atoms with Gasteiger partial charge in [0.25, 0.3) is 0 Å². The van der Waals surface area contributed by atoms with E-state index in [-0.39, 0.29) is 11.2 Å². The Hall–Kier alpha value is -1.12. The monoisotopic (exact) mass is 414 g/mol. The predicted molar refractivity (Wildman–Crippen MR) is 117 cm³/mol. The summed E-state index contributed by atoms with van der Waals surface area (Å²) in [6, 6.07) is 0.613. The maximum absolute atomic E-state index is 12.5. The number of allylic oxidation sites excluding steroid dienone is 2. The van der Waals surface area contributed by atoms with Crippen molar-refractivity contribution < 1.29 is 5.11 Å². The van der Waals surface area contributed by atoms with Crippen LogP contribution < -0.4 is 0 Å². The van der Waals surface area contributed by atoms with E-state index in [4.69, 9.17) is 11.6 Å². The quantitative estimate of drug-likeness (QED) is 0.552. The first-order valence-corrected chi connectivity index (χ1v) is 11.7. The molecule has 28 heavy (non-hydrogen) atoms. The number of aliphatic hydroxyl groups is 1. The first kappa shape index (κ1) is 18.9. The molecular formula is C23H27ClN2OS. The Balaban J connectivity index is 1.52. The third-order valence-electron chi connectivity index (χ3n) is 6.91. The molecule has 5 aliphatic rings. The molecule has 3 aliphatic heterocycles. The minimum absolute atomic E-state index is 0.139. The molecule has 0 spiro atoms. The van der Waals surface area contributed by atoms with Crippen LogP contribution >= 0.6 is 23.4 Å². The van der Waals surface area contributed by atoms with Crippen LogP contribution in [0.15, 0.2) is 46.2 Å². The van der Waals surface area contributed by atoms with E-state index in [0.717, 1.165) is 60.0 Å². The van der Waals surface area contributed by atoms with Gasteiger partial charge < -0.3 is 10.0 Å². The molecule has 2 aliphatic carbocycles. The average Bonchev–Trinajstić information content (AvgIpc) is 2.77. The lowest BCUT2D eigenvalue weighted by atomic mass is 9.70. The van der Waals surface area contributed by atoms with Crippen LogP contribution in [0, 0.1) is 17.8 Å². The number of thioether (sulfide) groups is 1. The fraction of sp³-hybridized carbons (Fsp3) is 0.565. The molecule has 0 aromatic heterocycles. The number of likely N-dealkylation sites (tertiary alicyclic amines) is 1. The van der Waals surface area contributed by atoms with E-state index >= 15 is 0 Å². The number of hydrogen-bond acceptors (Lipinski definition) is 4. The Labute approximate surface area is 177 Å². The van der Waals surface area contributed by atoms with Gasteiger partial charge in [-0.25, -0.2) is 0 Å². The van der Waals surface area contributed by atoms with Crippen molar-refractivity contribution in [1.82, 2.24) is 9.80 Å². The second-order valence-corrected chi connectivity index (χ2v) is 10.1. The molecule has 3 atom stereocenters. The standard InChI is InChI=1S/C23H27ClN2OS/c1-25-11-3-4-16-15-28-21-14-18(24)7-8-20(21)23(27,22(16)25)17-9-12-26(13-10-17)19-5-2-6-19/h2,5,8,14,17,19,21,27H,6-7,9-13,15H2,1H3. The minimum Gasteiger partial charge on any atom is -0.379 e. The molecule has 3 nitrogen and oxygen atoms in total. The van der Waals surface area contributed by atoms with Crippen molar-refractivity contribution >= 4 is 23.4 Å². The molecule has 1 N–H and O–H groups in total. The van der Waals surface area contributed by atoms with Crippen LogP contribution in [0.4, 0.5) is 0 Å². The molecule has 3 heterocycles. The van der Waals surface area contributed by atoms with Crippen LogP contribution in [0.5, 0.6) is 0 Å². The summed E-state index contributed by atoms with van der Waals surface area (Å²) in [4.78, 5) is 4.77. The molecule has 0 saturated carbocycles. The fourth-order valence-corrected chi connectivity index (χ4v) is 6.88. The fourth-order valence-electron chi connectivity index (χ4n) is 5.33. The van der Waals surface area contributed by atoms with Crippen LogP contribution in [-0.2, 0) is 0 Å². The number of piperidine rings is 1. The van der Waals surface area contributed by atoms with Crippen LogP contribution in [0.25, 0.3) is 0 Å². The van der Waals surface area contributed by atoms with E-state index in [1.165, 1.54) is 6.42 Å². The molecule has 5 heteroatoms. The van der Waals surface area contributed by atoms with Gasteiger partial charge in [-0.2, -0.15) is 0 Å². The molecular weight excluding hydrogens is 388 g/mol. The molecule has 0 amide bonds. The second-order valence-electron chi connectivity index (χ2n) is 8.50. The highest BCUT2D eigenvalue weighted by molar-refractivity contribution is 8.00. The molecule has 148 valence electrons. The van der Waals surface area contributed by atoms with E-state index in [2.05, 4.69) is 53.0 Å². The van der Waals surface area contributed by atoms with Crippen molar-refractivity contribution in [2.75, 3.05) is 32.4 Å². The summed E-state index contributed by atoms with van der Waals surface area (Å²) in [7, 11) is 2.08. The van der Waals surface area contributed by atoms with Crippen molar-refractivity contribution in [3.63, 3.8) is 0 Å². The summed E-state index contributed by atoms with van der Waals surface area (Å²) < 4.78 is 0. The molecule has 0 aromatic rings. The van der Waals surface area contributed by atoms with Crippen molar-refractivity contribution in [1.29, 1.82) is 0 Å². The maximum Gasteiger partial charge on any atom is 0.130 e. The smallest absolute Gasteiger partial charge is 0.130 e. The van der Waals surface area contributed by atoms with E-state index < -0.39 is 5.60 Å². The number of halogens is 1. The van der Waals surface area contributed by atoms with Crippen molar-refractivity contribution in [3.05, 3.63) is 46.2 Å². The lowest BCUT2D eigenvalue weighted by molar-refractivity contribution is -0.00721. The highest BCUT2D eigenvalue weighted by Crippen LogP contribution is 2.50. The van der Waals surface area contributed by atoms with Gasteiger partial charge in [-0.1, -0.05) is 47.7 Å². The zero-order chi connectivity index (χ0) is 19.3. The van der Waals surface area contributed by atoms with Crippen LogP contribution in [0.1, 0.15) is 25.7 Å². The number of fused-ring (bicyclic) bond motifs is 1. The second kappa shape index (κ2) is 7.29. The van der Waals surface area contributed by atoms with E-state index in [1.807, 2.05) is 11.8 Å². The van der Waals surface area contributed by atoms with Crippen LogP contribution in [0.2, 0.25) is 0 Å². The Kier molecular flexibility index (Phi) is 4.92. The van der Waals surface area contributed by atoms with Gasteiger partial charge in [0.2, 0.25) is 0 Å². The zero-order valence-electron chi connectivity index (χ0n) is 16.3. The van der Waals surface area contributed by atoms with Crippen LogP contribution in [-0.4, -0.2) is 64.2 Å². The molecule has 0 radical (unpaired) electrons. The molecule has 3 unspecified atom stereocenters. The lowest BCUT2D eigenvalue weighted by Crippen LogP contribution is -2.54. The summed E-state index contributed by atoms with van der Waals surface area (Å²) in [5.74, 6) is 7.66. The summed E-state index contributed by atoms with van der Waals surface area (Å²) >= 11 is 8.23. The van der Waals surface area contributed by atoms with Gasteiger partial charge in [0.15, 0.2) is 0 Å². The first-order valence-electron chi connectivity index (χ1n) is 10.3. The van der Waals surface area contributed by atoms with Crippen molar-refractivity contribution in [3.8, 4) is 11.8 Å². The SMILES string of the molecule is CN1CC#CC2=C1C(O)(C1CCN(C3C=CC3)CC1)C1=CCC(Cl)=CC1SC2. The summed E-state index contributed by atoms with van der Waals surface area (Å²) in [5, 5.41) is 13.5. The van der Waals surface area contributed by atoms with Gasteiger partial charge >= 0.3 is 0 Å². The van der Waals surface area contributed by atoms with Gasteiger partial charge in [0.1, 0.15) is 5.60 Å². The molecule has 1 saturated heterocycles. The summed E-state index contributed by atoms with van der Waals surface area (Å²) in [6.45, 7) is 2.80. The van der Waals surface area contributed by atoms with E-state index in [9.17, 15) is 5.11 Å². The van der Waals surface area contributed by atoms with Gasteiger partial charge in [0, 0.05) is 41.1 Å². The van der Waals surface area contributed by atoms with Crippen LogP contribution in [0.3, 0.4) is 0 Å². The Morgan fingerprint density at radius 1 is 1.32 bits per heavy atom.